The topological polar surface area (TPSA) is 66.6 Å². The normalized spacial score (nSPS) is 11.9. The van der Waals surface area contributed by atoms with Crippen molar-refractivity contribution in [2.45, 2.75) is 39.2 Å². The minimum absolute atomic E-state index is 0.0317. The summed E-state index contributed by atoms with van der Waals surface area (Å²) in [6, 6.07) is 3.69. The fraction of sp³-hybridized carbons (Fsp3) is 0.562. The van der Waals surface area contributed by atoms with Crippen molar-refractivity contribution in [3.63, 3.8) is 0 Å². The van der Waals surface area contributed by atoms with Gasteiger partial charge in [-0.3, -0.25) is 4.79 Å². The number of nitrogens with two attached hydrogens (primary N) is 1. The third-order valence-electron chi connectivity index (χ3n) is 3.36. The summed E-state index contributed by atoms with van der Waals surface area (Å²) in [5.41, 5.74) is 7.62. The predicted molar refractivity (Wildman–Crippen MR) is 82.2 cm³/mol. The maximum Gasteiger partial charge on any atom is 0.167 e. The van der Waals surface area contributed by atoms with Crippen molar-refractivity contribution in [3.8, 4) is 5.75 Å². The Hall–Kier alpha value is -1.39. The Balaban J connectivity index is 3.20. The molecule has 0 radical (unpaired) electrons. The van der Waals surface area contributed by atoms with Crippen LogP contribution in [0.25, 0.3) is 0 Å². The van der Waals surface area contributed by atoms with E-state index in [1.807, 2.05) is 25.1 Å². The van der Waals surface area contributed by atoms with E-state index in [0.29, 0.717) is 24.1 Å². The van der Waals surface area contributed by atoms with Crippen LogP contribution in [-0.2, 0) is 12.0 Å². The van der Waals surface area contributed by atoms with Crippen LogP contribution >= 0.6 is 0 Å². The molecule has 0 amide bonds. The molecule has 0 fully saturated rings. The van der Waals surface area contributed by atoms with E-state index in [0.717, 1.165) is 5.56 Å². The molecule has 1 rings (SSSR count). The van der Waals surface area contributed by atoms with Crippen molar-refractivity contribution < 1.29 is 9.90 Å². The van der Waals surface area contributed by atoms with E-state index in [2.05, 4.69) is 20.8 Å². The standard InChI is InChI=1S/C16H26N2O2/c1-16(2,3)12-8-11(10-17)15(20)13(9-12)14(19)6-7-18(4)5/h8-9,20H,6-7,10,17H2,1-5H3. The van der Waals surface area contributed by atoms with Gasteiger partial charge in [-0.05, 0) is 31.1 Å². The smallest absolute Gasteiger partial charge is 0.167 e. The molecule has 1 aromatic carbocycles. The van der Waals surface area contributed by atoms with E-state index in [1.165, 1.54) is 0 Å². The summed E-state index contributed by atoms with van der Waals surface area (Å²) >= 11 is 0. The third kappa shape index (κ3) is 4.05. The van der Waals surface area contributed by atoms with Crippen LogP contribution in [0.5, 0.6) is 5.75 Å². The molecule has 0 atom stereocenters. The summed E-state index contributed by atoms with van der Waals surface area (Å²) in [6.45, 7) is 7.12. The molecule has 3 N–H and O–H groups in total. The highest BCUT2D eigenvalue weighted by Gasteiger charge is 2.21. The molecule has 0 aliphatic carbocycles. The molecule has 0 saturated carbocycles. The van der Waals surface area contributed by atoms with E-state index < -0.39 is 0 Å². The van der Waals surface area contributed by atoms with Crippen LogP contribution in [0.1, 0.15) is 48.7 Å². The molecule has 4 heteroatoms. The summed E-state index contributed by atoms with van der Waals surface area (Å²) in [5, 5.41) is 10.2. The molecule has 112 valence electrons. The molecule has 0 unspecified atom stereocenters. The second-order valence-corrected chi connectivity index (χ2v) is 6.46. The predicted octanol–water partition coefficient (Wildman–Crippen LogP) is 2.28. The highest BCUT2D eigenvalue weighted by molar-refractivity contribution is 5.99. The van der Waals surface area contributed by atoms with Gasteiger partial charge in [-0.2, -0.15) is 0 Å². The molecule has 1 aromatic rings. The van der Waals surface area contributed by atoms with Gasteiger partial charge >= 0.3 is 0 Å². The molecule has 0 heterocycles. The van der Waals surface area contributed by atoms with E-state index in [4.69, 9.17) is 5.73 Å². The first-order chi connectivity index (χ1) is 9.16. The molecular weight excluding hydrogens is 252 g/mol. The van der Waals surface area contributed by atoms with Gasteiger partial charge in [0.15, 0.2) is 5.78 Å². The number of nitrogens with zero attached hydrogens (tertiary/aromatic N) is 1. The zero-order valence-electron chi connectivity index (χ0n) is 13.2. The lowest BCUT2D eigenvalue weighted by atomic mass is 9.84. The third-order valence-corrected chi connectivity index (χ3v) is 3.36. The molecule has 4 nitrogen and oxygen atoms in total. The lowest BCUT2D eigenvalue weighted by molar-refractivity contribution is 0.0969. The maximum absolute atomic E-state index is 12.3. The average molecular weight is 278 g/mol. The zero-order valence-corrected chi connectivity index (χ0v) is 13.2. The lowest BCUT2D eigenvalue weighted by Crippen LogP contribution is -2.18. The quantitative estimate of drug-likeness (QED) is 0.811. The number of phenolic OH excluding ortho intramolecular Hbond substituents is 1. The number of hydrogen-bond donors (Lipinski definition) is 2. The summed E-state index contributed by atoms with van der Waals surface area (Å²) in [6.07, 6.45) is 0.387. The number of carbonyl (C=O) groups excluding carboxylic acids is 1. The Bertz CT molecular complexity index is 488. The number of ketones is 1. The molecule has 0 spiro atoms. The van der Waals surface area contributed by atoms with Crippen molar-refractivity contribution in [2.75, 3.05) is 20.6 Å². The Morgan fingerprint density at radius 1 is 1.30 bits per heavy atom. The van der Waals surface area contributed by atoms with Gasteiger partial charge in [0.05, 0.1) is 5.56 Å². The van der Waals surface area contributed by atoms with Crippen molar-refractivity contribution in [1.82, 2.24) is 4.90 Å². The van der Waals surface area contributed by atoms with Crippen LogP contribution in [-0.4, -0.2) is 36.4 Å². The number of Topliss-reactive ketones (excluding diaryl/α,β-unsaturated/α-hetero) is 1. The van der Waals surface area contributed by atoms with Crippen LogP contribution in [0.4, 0.5) is 0 Å². The lowest BCUT2D eigenvalue weighted by Gasteiger charge is -2.22. The van der Waals surface area contributed by atoms with Crippen LogP contribution in [0, 0.1) is 0 Å². The van der Waals surface area contributed by atoms with Crippen molar-refractivity contribution in [2.24, 2.45) is 5.73 Å². The monoisotopic (exact) mass is 278 g/mol. The number of rotatable bonds is 5. The average Bonchev–Trinajstić information content (AvgIpc) is 2.34. The van der Waals surface area contributed by atoms with Gasteiger partial charge in [0, 0.05) is 25.1 Å². The SMILES string of the molecule is CN(C)CCC(=O)c1cc(C(C)(C)C)cc(CN)c1O. The van der Waals surface area contributed by atoms with Gasteiger partial charge in [0.2, 0.25) is 0 Å². The molecule has 0 aliphatic rings. The first-order valence-corrected chi connectivity index (χ1v) is 6.91. The van der Waals surface area contributed by atoms with Crippen LogP contribution in [0.15, 0.2) is 12.1 Å². The van der Waals surface area contributed by atoms with Crippen LogP contribution in [0.3, 0.4) is 0 Å². The largest absolute Gasteiger partial charge is 0.507 e. The van der Waals surface area contributed by atoms with E-state index in [1.54, 1.807) is 6.07 Å². The highest BCUT2D eigenvalue weighted by atomic mass is 16.3. The Morgan fingerprint density at radius 3 is 2.35 bits per heavy atom. The Kier molecular flexibility index (Phi) is 5.31. The molecule has 20 heavy (non-hydrogen) atoms. The molecular formula is C16H26N2O2. The number of carbonyl (C=O) groups is 1. The van der Waals surface area contributed by atoms with E-state index in [-0.39, 0.29) is 23.5 Å². The Morgan fingerprint density at radius 2 is 1.90 bits per heavy atom. The van der Waals surface area contributed by atoms with E-state index >= 15 is 0 Å². The number of aromatic hydroxyl groups is 1. The molecule has 0 aromatic heterocycles. The zero-order chi connectivity index (χ0) is 15.5. The Labute approximate surface area is 121 Å². The number of hydrogen-bond acceptors (Lipinski definition) is 4. The highest BCUT2D eigenvalue weighted by Crippen LogP contribution is 2.31. The van der Waals surface area contributed by atoms with Gasteiger partial charge in [-0.15, -0.1) is 0 Å². The summed E-state index contributed by atoms with van der Waals surface area (Å²) < 4.78 is 0. The minimum atomic E-state index is -0.0891. The van der Waals surface area contributed by atoms with Crippen LogP contribution in [0.2, 0.25) is 0 Å². The second kappa shape index (κ2) is 6.37. The minimum Gasteiger partial charge on any atom is -0.507 e. The van der Waals surface area contributed by atoms with Gasteiger partial charge < -0.3 is 15.7 Å². The fourth-order valence-corrected chi connectivity index (χ4v) is 1.96. The van der Waals surface area contributed by atoms with Gasteiger partial charge in [0.25, 0.3) is 0 Å². The van der Waals surface area contributed by atoms with Crippen molar-refractivity contribution in [1.29, 1.82) is 0 Å². The maximum atomic E-state index is 12.3. The first kappa shape index (κ1) is 16.7. The summed E-state index contributed by atoms with van der Waals surface area (Å²) in [5.74, 6) is -0.0127. The van der Waals surface area contributed by atoms with Gasteiger partial charge in [-0.1, -0.05) is 26.8 Å². The van der Waals surface area contributed by atoms with Crippen molar-refractivity contribution >= 4 is 5.78 Å². The second-order valence-electron chi connectivity index (χ2n) is 6.46. The van der Waals surface area contributed by atoms with Gasteiger partial charge in [0.1, 0.15) is 5.75 Å². The first-order valence-electron chi connectivity index (χ1n) is 6.91. The molecule has 0 saturated heterocycles. The molecule has 0 aliphatic heterocycles. The van der Waals surface area contributed by atoms with E-state index in [9.17, 15) is 9.90 Å². The summed E-state index contributed by atoms with van der Waals surface area (Å²) in [7, 11) is 3.84. The fourth-order valence-electron chi connectivity index (χ4n) is 1.96. The number of benzene rings is 1. The van der Waals surface area contributed by atoms with Crippen molar-refractivity contribution in [3.05, 3.63) is 28.8 Å². The van der Waals surface area contributed by atoms with Crippen LogP contribution < -0.4 is 5.73 Å². The summed E-state index contributed by atoms with van der Waals surface area (Å²) in [4.78, 5) is 14.2. The molecule has 0 bridgehead atoms. The van der Waals surface area contributed by atoms with Gasteiger partial charge in [-0.25, -0.2) is 0 Å². The number of phenols is 1.